The molecule has 0 aliphatic rings. The molecule has 2 aromatic carbocycles. The van der Waals surface area contributed by atoms with E-state index in [-0.39, 0.29) is 6.03 Å². The predicted molar refractivity (Wildman–Crippen MR) is 97.8 cm³/mol. The highest BCUT2D eigenvalue weighted by atomic mass is 35.5. The Morgan fingerprint density at radius 3 is 2.38 bits per heavy atom. The van der Waals surface area contributed by atoms with Crippen LogP contribution in [0, 0.1) is 20.8 Å². The van der Waals surface area contributed by atoms with Crippen molar-refractivity contribution < 1.29 is 9.53 Å². The first-order valence-electron chi connectivity index (χ1n) is 7.93. The molecule has 0 aliphatic carbocycles. The van der Waals surface area contributed by atoms with Crippen LogP contribution >= 0.6 is 11.6 Å². The zero-order valence-corrected chi connectivity index (χ0v) is 15.0. The second-order valence-corrected chi connectivity index (χ2v) is 6.13. The van der Waals surface area contributed by atoms with Crippen LogP contribution in [0.3, 0.4) is 0 Å². The lowest BCUT2D eigenvalue weighted by atomic mass is 10.1. The molecular formula is C19H23ClN2O2. The van der Waals surface area contributed by atoms with E-state index in [1.807, 2.05) is 57.2 Å². The number of urea groups is 1. The van der Waals surface area contributed by atoms with Crippen LogP contribution in [0.5, 0.6) is 5.75 Å². The predicted octanol–water partition coefficient (Wildman–Crippen LogP) is 4.14. The highest BCUT2D eigenvalue weighted by Crippen LogP contribution is 2.25. The van der Waals surface area contributed by atoms with Gasteiger partial charge in [-0.1, -0.05) is 35.9 Å². The van der Waals surface area contributed by atoms with E-state index >= 15 is 0 Å². The van der Waals surface area contributed by atoms with E-state index in [9.17, 15) is 4.79 Å². The maximum absolute atomic E-state index is 11.8. The summed E-state index contributed by atoms with van der Waals surface area (Å²) in [4.78, 5) is 11.8. The Morgan fingerprint density at radius 2 is 1.71 bits per heavy atom. The number of ether oxygens (including phenoxy) is 1. The van der Waals surface area contributed by atoms with Gasteiger partial charge >= 0.3 is 6.03 Å². The molecule has 0 saturated carbocycles. The van der Waals surface area contributed by atoms with Crippen LogP contribution in [0.15, 0.2) is 36.4 Å². The first kappa shape index (κ1) is 18.1. The lowest BCUT2D eigenvalue weighted by Crippen LogP contribution is -2.37. The number of aryl methyl sites for hydroxylation is 3. The van der Waals surface area contributed by atoms with E-state index in [0.29, 0.717) is 19.7 Å². The number of carbonyl (C=O) groups is 1. The first-order chi connectivity index (χ1) is 11.5. The molecular weight excluding hydrogens is 324 g/mol. The number of nitrogens with one attached hydrogen (secondary N) is 2. The standard InChI is InChI=1S/C19H23ClN2O2/c1-13-6-4-5-7-16(13)12-22-19(23)21-8-9-24-17-10-14(2)18(20)15(3)11-17/h4-7,10-11H,8-9,12H2,1-3H3,(H2,21,22,23). The van der Waals surface area contributed by atoms with Gasteiger partial charge in [-0.25, -0.2) is 4.79 Å². The van der Waals surface area contributed by atoms with Crippen LogP contribution in [0.25, 0.3) is 0 Å². The SMILES string of the molecule is Cc1ccccc1CNC(=O)NCCOc1cc(C)c(Cl)c(C)c1. The van der Waals surface area contributed by atoms with Crippen LogP contribution in [-0.2, 0) is 6.54 Å². The van der Waals surface area contributed by atoms with Crippen molar-refractivity contribution in [3.63, 3.8) is 0 Å². The molecule has 0 heterocycles. The molecule has 0 fully saturated rings. The summed E-state index contributed by atoms with van der Waals surface area (Å²) < 4.78 is 5.65. The molecule has 0 bridgehead atoms. The third kappa shape index (κ3) is 5.17. The van der Waals surface area contributed by atoms with E-state index in [4.69, 9.17) is 16.3 Å². The second kappa shape index (κ2) is 8.60. The molecule has 0 saturated heterocycles. The van der Waals surface area contributed by atoms with Gasteiger partial charge in [-0.3, -0.25) is 0 Å². The van der Waals surface area contributed by atoms with Crippen molar-refractivity contribution in [3.05, 3.63) is 63.7 Å². The Labute approximate surface area is 148 Å². The summed E-state index contributed by atoms with van der Waals surface area (Å²) in [5.74, 6) is 0.761. The summed E-state index contributed by atoms with van der Waals surface area (Å²) in [7, 11) is 0. The quantitative estimate of drug-likeness (QED) is 0.772. The molecule has 2 rings (SSSR count). The van der Waals surface area contributed by atoms with Crippen molar-refractivity contribution in [2.75, 3.05) is 13.2 Å². The summed E-state index contributed by atoms with van der Waals surface area (Å²) in [6, 6.07) is 11.6. The van der Waals surface area contributed by atoms with Crippen LogP contribution < -0.4 is 15.4 Å². The van der Waals surface area contributed by atoms with Crippen LogP contribution in [-0.4, -0.2) is 19.2 Å². The average Bonchev–Trinajstić information content (AvgIpc) is 2.55. The van der Waals surface area contributed by atoms with Gasteiger partial charge in [0.15, 0.2) is 0 Å². The van der Waals surface area contributed by atoms with Crippen molar-refractivity contribution in [2.24, 2.45) is 0 Å². The second-order valence-electron chi connectivity index (χ2n) is 5.76. The summed E-state index contributed by atoms with van der Waals surface area (Å²) in [5.41, 5.74) is 4.23. The highest BCUT2D eigenvalue weighted by Gasteiger charge is 2.05. The summed E-state index contributed by atoms with van der Waals surface area (Å²) in [6.45, 7) is 7.26. The average molecular weight is 347 g/mol. The van der Waals surface area contributed by atoms with Crippen LogP contribution in [0.1, 0.15) is 22.3 Å². The summed E-state index contributed by atoms with van der Waals surface area (Å²) in [6.07, 6.45) is 0. The van der Waals surface area contributed by atoms with Gasteiger partial charge in [-0.15, -0.1) is 0 Å². The van der Waals surface area contributed by atoms with Crippen LogP contribution in [0.4, 0.5) is 4.79 Å². The van der Waals surface area contributed by atoms with Gasteiger partial charge in [0.05, 0.1) is 6.54 Å². The molecule has 2 N–H and O–H groups in total. The normalized spacial score (nSPS) is 10.3. The Bertz CT molecular complexity index is 693. The third-order valence-corrected chi connectivity index (χ3v) is 4.36. The number of rotatable bonds is 6. The minimum atomic E-state index is -0.203. The maximum Gasteiger partial charge on any atom is 0.315 e. The van der Waals surface area contributed by atoms with E-state index in [1.165, 1.54) is 0 Å². The monoisotopic (exact) mass is 346 g/mol. The van der Waals surface area contributed by atoms with Crippen molar-refractivity contribution in [2.45, 2.75) is 27.3 Å². The molecule has 5 heteroatoms. The molecule has 0 radical (unpaired) electrons. The van der Waals surface area contributed by atoms with E-state index in [0.717, 1.165) is 33.0 Å². The molecule has 2 amide bonds. The summed E-state index contributed by atoms with van der Waals surface area (Å²) >= 11 is 6.13. The van der Waals surface area contributed by atoms with Crippen molar-refractivity contribution in [1.82, 2.24) is 10.6 Å². The van der Waals surface area contributed by atoms with Gasteiger partial charge in [-0.2, -0.15) is 0 Å². The zero-order chi connectivity index (χ0) is 17.5. The number of hydrogen-bond acceptors (Lipinski definition) is 2. The van der Waals surface area contributed by atoms with Crippen LogP contribution in [0.2, 0.25) is 5.02 Å². The van der Waals surface area contributed by atoms with Gasteiger partial charge in [0.2, 0.25) is 0 Å². The molecule has 24 heavy (non-hydrogen) atoms. The first-order valence-corrected chi connectivity index (χ1v) is 8.31. The molecule has 128 valence electrons. The third-order valence-electron chi connectivity index (χ3n) is 3.77. The Balaban J connectivity index is 1.70. The summed E-state index contributed by atoms with van der Waals surface area (Å²) in [5, 5.41) is 6.38. The minimum absolute atomic E-state index is 0.203. The van der Waals surface area contributed by atoms with Crippen molar-refractivity contribution >= 4 is 17.6 Å². The fourth-order valence-electron chi connectivity index (χ4n) is 2.37. The molecule has 0 aliphatic heterocycles. The topological polar surface area (TPSA) is 50.4 Å². The lowest BCUT2D eigenvalue weighted by molar-refractivity contribution is 0.236. The van der Waals surface area contributed by atoms with Crippen molar-refractivity contribution in [3.8, 4) is 5.75 Å². The fourth-order valence-corrected chi connectivity index (χ4v) is 2.48. The van der Waals surface area contributed by atoms with Gasteiger partial charge in [0.25, 0.3) is 0 Å². The number of amides is 2. The minimum Gasteiger partial charge on any atom is -0.492 e. The number of halogens is 1. The maximum atomic E-state index is 11.8. The number of carbonyl (C=O) groups excluding carboxylic acids is 1. The number of hydrogen-bond donors (Lipinski definition) is 2. The smallest absolute Gasteiger partial charge is 0.315 e. The lowest BCUT2D eigenvalue weighted by Gasteiger charge is -2.11. The molecule has 0 atom stereocenters. The number of benzene rings is 2. The molecule has 0 spiro atoms. The van der Waals surface area contributed by atoms with Gasteiger partial charge in [-0.05, 0) is 55.2 Å². The Kier molecular flexibility index (Phi) is 6.50. The molecule has 2 aromatic rings. The van der Waals surface area contributed by atoms with E-state index in [1.54, 1.807) is 0 Å². The Morgan fingerprint density at radius 1 is 1.04 bits per heavy atom. The van der Waals surface area contributed by atoms with E-state index < -0.39 is 0 Å². The van der Waals surface area contributed by atoms with Gasteiger partial charge in [0, 0.05) is 11.6 Å². The highest BCUT2D eigenvalue weighted by molar-refractivity contribution is 6.32. The molecule has 0 aromatic heterocycles. The zero-order valence-electron chi connectivity index (χ0n) is 14.3. The van der Waals surface area contributed by atoms with Gasteiger partial charge in [0.1, 0.15) is 12.4 Å². The molecule has 0 unspecified atom stereocenters. The largest absolute Gasteiger partial charge is 0.492 e. The Hall–Kier alpha value is -2.20. The molecule has 4 nitrogen and oxygen atoms in total. The van der Waals surface area contributed by atoms with E-state index in [2.05, 4.69) is 10.6 Å². The van der Waals surface area contributed by atoms with Crippen molar-refractivity contribution in [1.29, 1.82) is 0 Å². The van der Waals surface area contributed by atoms with Gasteiger partial charge < -0.3 is 15.4 Å². The fraction of sp³-hybridized carbons (Fsp3) is 0.316.